The molecule has 4 saturated carbocycles. The van der Waals surface area contributed by atoms with E-state index in [1.165, 1.54) is 31.7 Å². The molecule has 34 heteroatoms. The second-order valence-electron chi connectivity index (χ2n) is 29.9. The van der Waals surface area contributed by atoms with Gasteiger partial charge in [0, 0.05) is 75.6 Å². The minimum absolute atomic E-state index is 0.00914. The number of hydrogen-bond donors (Lipinski definition) is 6. The summed E-state index contributed by atoms with van der Waals surface area (Å²) in [6, 6.07) is 4.26. The van der Waals surface area contributed by atoms with E-state index in [9.17, 15) is 73.6 Å². The van der Waals surface area contributed by atoms with Crippen LogP contribution in [0.15, 0.2) is 48.6 Å². The molecule has 6 aliphatic heterocycles. The van der Waals surface area contributed by atoms with Gasteiger partial charge in [-0.15, -0.1) is 0 Å². The summed E-state index contributed by atoms with van der Waals surface area (Å²) in [6.07, 6.45) is 2.41. The Morgan fingerprint density at radius 2 is 1.02 bits per heavy atom. The summed E-state index contributed by atoms with van der Waals surface area (Å²) in [5, 5.41) is 9.40. The summed E-state index contributed by atoms with van der Waals surface area (Å²) >= 11 is 0. The van der Waals surface area contributed by atoms with E-state index in [0.29, 0.717) is 80.2 Å². The molecule has 0 bridgehead atoms. The van der Waals surface area contributed by atoms with Crippen molar-refractivity contribution < 1.29 is 102 Å². The van der Waals surface area contributed by atoms with E-state index < -0.39 is 167 Å². The standard InChI is InChI=1S/C34H46FN5O10S.C34H44FN5O10S/c2*1-33(2,3)50-31(44)36-26-12-14-48-13-5-4-8-21-16-34(21,30(43)38-51(46,47)23-10-11-23)37-28(41)27-15-22(18-40(27)29(26)42)49-32(45)39-17-20-7-6-9-25(35)24(20)19-39/h6-7,9,21-23,26-27H,4-5,8,10-19H2,1-3H3,(H,36,44)(H,37,41)(H,38,43);4,6-9,21-23,26-27H,5,10-19H2,1-3H3,(H,36,44)(H,37,41)(H,38,43)/b;8-4-/t2*21-,22-,26+,27+,34-/m11/s1. The first-order chi connectivity index (χ1) is 48.1. The zero-order valence-electron chi connectivity index (χ0n) is 57.9. The molecule has 0 unspecified atom stereocenters. The van der Waals surface area contributed by atoms with Crippen LogP contribution in [0.4, 0.5) is 28.0 Å². The maximum Gasteiger partial charge on any atom is 0.410 e. The molecule has 102 heavy (non-hydrogen) atoms. The molecule has 4 aliphatic carbocycles. The van der Waals surface area contributed by atoms with E-state index in [1.807, 2.05) is 0 Å². The minimum Gasteiger partial charge on any atom is -0.444 e. The number of halogens is 2. The zero-order valence-corrected chi connectivity index (χ0v) is 59.5. The molecule has 10 atom stereocenters. The average molecular weight is 1470 g/mol. The molecule has 2 aromatic carbocycles. The summed E-state index contributed by atoms with van der Waals surface area (Å²) < 4.78 is 118. The van der Waals surface area contributed by atoms with E-state index >= 15 is 0 Å². The van der Waals surface area contributed by atoms with Crippen LogP contribution in [0, 0.1) is 23.5 Å². The highest BCUT2D eigenvalue weighted by atomic mass is 32.2. The van der Waals surface area contributed by atoms with E-state index in [-0.39, 0.29) is 104 Å². The van der Waals surface area contributed by atoms with Crippen molar-refractivity contribution in [2.45, 2.75) is 227 Å². The highest BCUT2D eigenvalue weighted by molar-refractivity contribution is 7.91. The van der Waals surface area contributed by atoms with Gasteiger partial charge in [0.25, 0.3) is 11.8 Å². The first kappa shape index (κ1) is 74.9. The second kappa shape index (κ2) is 29.8. The van der Waals surface area contributed by atoms with Crippen molar-refractivity contribution in [1.82, 2.24) is 50.3 Å². The van der Waals surface area contributed by atoms with Gasteiger partial charge in [-0.25, -0.2) is 44.8 Å². The van der Waals surface area contributed by atoms with Crippen LogP contribution in [0.2, 0.25) is 0 Å². The van der Waals surface area contributed by atoms with E-state index in [0.717, 1.165) is 0 Å². The van der Waals surface area contributed by atoms with Crippen LogP contribution in [0.1, 0.15) is 154 Å². The Bertz CT molecular complexity index is 3900. The van der Waals surface area contributed by atoms with Crippen molar-refractivity contribution in [2.75, 3.05) is 39.5 Å². The van der Waals surface area contributed by atoms with E-state index in [1.54, 1.807) is 78.0 Å². The Balaban J connectivity index is 0.000000205. The van der Waals surface area contributed by atoms with E-state index in [2.05, 4.69) is 30.7 Å². The van der Waals surface area contributed by atoms with Crippen molar-refractivity contribution in [1.29, 1.82) is 0 Å². The quantitative estimate of drug-likeness (QED) is 0.143. The molecule has 0 radical (unpaired) electrons. The minimum atomic E-state index is -3.94. The van der Waals surface area contributed by atoms with Crippen molar-refractivity contribution in [2.24, 2.45) is 11.8 Å². The van der Waals surface area contributed by atoms with Gasteiger partial charge < -0.3 is 59.5 Å². The Morgan fingerprint density at radius 3 is 1.47 bits per heavy atom. The topological polar surface area (TPSA) is 379 Å². The third kappa shape index (κ3) is 17.9. The van der Waals surface area contributed by atoms with Gasteiger partial charge in [-0.2, -0.15) is 0 Å². The SMILES string of the molecule is CC(C)(C)OC(=O)N[C@H]1CCOCC/C=C\[C@@H]2C[C@@]2(C(=O)NS(=O)(=O)C2CC2)NC(=O)[C@@H]2C[C@@H](OC(=O)N3Cc4cccc(F)c4C3)CN2C1=O.CC(C)(C)OC(=O)N[C@H]1CCOCCCC[C@@H]2C[C@@]2(C(=O)NS(=O)(=O)C2CC2)NC(=O)[C@@H]2C[C@@H](OC(=O)N3Cc4cccc(F)c4C3)CN2C1=O. The molecule has 2 aromatic rings. The molecule has 7 fully saturated rings. The monoisotopic (exact) mass is 1470 g/mol. The van der Waals surface area contributed by atoms with E-state index in [4.69, 9.17) is 28.4 Å². The molecule has 10 aliphatic rings. The second-order valence-corrected chi connectivity index (χ2v) is 33.8. The van der Waals surface area contributed by atoms with Gasteiger partial charge in [-0.3, -0.25) is 48.0 Å². The van der Waals surface area contributed by atoms with Crippen LogP contribution in [0.3, 0.4) is 0 Å². The molecule has 10 amide bonds. The summed E-state index contributed by atoms with van der Waals surface area (Å²) in [5.74, 6) is -6.26. The number of alkyl carbamates (subject to hydrolysis) is 2. The highest BCUT2D eigenvalue weighted by Gasteiger charge is 2.64. The van der Waals surface area contributed by atoms with Gasteiger partial charge in [0.2, 0.25) is 43.7 Å². The number of carbonyl (C=O) groups excluding carboxylic acids is 10. The summed E-state index contributed by atoms with van der Waals surface area (Å²) in [6.45, 7) is 10.6. The van der Waals surface area contributed by atoms with Gasteiger partial charge in [0.15, 0.2) is 0 Å². The number of hydrogen-bond acceptors (Lipinski definition) is 20. The number of ether oxygens (including phenoxy) is 6. The zero-order chi connectivity index (χ0) is 73.4. The smallest absolute Gasteiger partial charge is 0.410 e. The Morgan fingerprint density at radius 1 is 0.569 bits per heavy atom. The maximum atomic E-state index is 14.4. The Hall–Kier alpha value is -8.24. The van der Waals surface area contributed by atoms with Crippen LogP contribution in [0.25, 0.3) is 0 Å². The van der Waals surface area contributed by atoms with Crippen molar-refractivity contribution >= 4 is 79.9 Å². The summed E-state index contributed by atoms with van der Waals surface area (Å²) in [5.41, 5.74) is -2.80. The lowest BCUT2D eigenvalue weighted by molar-refractivity contribution is -0.141. The molecule has 12 rings (SSSR count). The van der Waals surface area contributed by atoms with Crippen molar-refractivity contribution in [3.05, 3.63) is 82.4 Å². The largest absolute Gasteiger partial charge is 0.444 e. The third-order valence-corrected chi connectivity index (χ3v) is 23.2. The first-order valence-corrected chi connectivity index (χ1v) is 37.8. The number of nitrogens with zero attached hydrogens (tertiary/aromatic N) is 4. The van der Waals surface area contributed by atoms with Gasteiger partial charge in [0.1, 0.15) is 70.3 Å². The number of nitrogens with one attached hydrogen (secondary N) is 6. The summed E-state index contributed by atoms with van der Waals surface area (Å²) in [4.78, 5) is 141. The maximum absolute atomic E-state index is 14.4. The predicted molar refractivity (Wildman–Crippen MR) is 355 cm³/mol. The molecule has 6 N–H and O–H groups in total. The van der Waals surface area contributed by atoms with Crippen LogP contribution in [-0.2, 0) is 103 Å². The number of fused-ring (bicyclic) bond motifs is 6. The molecule has 3 saturated heterocycles. The Labute approximate surface area is 590 Å². The van der Waals surface area contributed by atoms with Gasteiger partial charge >= 0.3 is 24.4 Å². The number of sulfonamides is 2. The Kier molecular flexibility index (Phi) is 21.9. The van der Waals surface area contributed by atoms with Crippen molar-refractivity contribution in [3.63, 3.8) is 0 Å². The van der Waals surface area contributed by atoms with Crippen molar-refractivity contribution in [3.8, 4) is 0 Å². The number of carbonyl (C=O) groups is 10. The molecule has 6 heterocycles. The fraction of sp³-hybridized carbons (Fsp3) is 0.647. The average Bonchev–Trinajstić information content (AvgIpc) is 1.58. The van der Waals surface area contributed by atoms with Gasteiger partial charge in [-0.05, 0) is 129 Å². The molecule has 558 valence electrons. The lowest BCUT2D eigenvalue weighted by Crippen LogP contribution is -2.58. The molecular formula is C68H90F2N10O20S2. The van der Waals surface area contributed by atoms with Crippen LogP contribution in [0.5, 0.6) is 0 Å². The molecule has 0 aromatic heterocycles. The molecule has 30 nitrogen and oxygen atoms in total. The number of benzene rings is 2. The van der Waals surface area contributed by atoms with Crippen LogP contribution < -0.4 is 30.7 Å². The van der Waals surface area contributed by atoms with Crippen LogP contribution >= 0.6 is 0 Å². The first-order valence-electron chi connectivity index (χ1n) is 34.7. The highest BCUT2D eigenvalue weighted by Crippen LogP contribution is 2.49. The fourth-order valence-corrected chi connectivity index (χ4v) is 16.5. The van der Waals surface area contributed by atoms with Crippen LogP contribution in [-0.4, -0.2) is 205 Å². The third-order valence-electron chi connectivity index (χ3n) is 19.6. The van der Waals surface area contributed by atoms with Gasteiger partial charge in [-0.1, -0.05) is 42.8 Å². The lowest BCUT2D eigenvalue weighted by Gasteiger charge is -2.30. The normalized spacial score (nSPS) is 28.8. The predicted octanol–water partition coefficient (Wildman–Crippen LogP) is 4.21. The lowest BCUT2D eigenvalue weighted by atomic mass is 10.1. The molecule has 0 spiro atoms. The fourth-order valence-electron chi connectivity index (χ4n) is 13.8. The van der Waals surface area contributed by atoms with Gasteiger partial charge in [0.05, 0.1) is 43.3 Å². The number of amides is 10. The summed E-state index contributed by atoms with van der Waals surface area (Å²) in [7, 11) is -7.85. The number of rotatable bonds is 10. The molecular weight excluding hydrogens is 1380 g/mol.